The number of fused-ring (bicyclic) bond motifs is 4. The molecule has 0 amide bonds. The van der Waals surface area contributed by atoms with Crippen LogP contribution in [0.4, 0.5) is 0 Å². The van der Waals surface area contributed by atoms with Gasteiger partial charge in [-0.15, -0.1) is 0 Å². The molecule has 3 unspecified atom stereocenters. The Hall–Kier alpha value is -2.27. The zero-order valence-electron chi connectivity index (χ0n) is 20.9. The van der Waals surface area contributed by atoms with Gasteiger partial charge in [0.2, 0.25) is 0 Å². The summed E-state index contributed by atoms with van der Waals surface area (Å²) in [6.45, 7) is 7.13. The molecule has 10 heteroatoms. The number of hydrogen-bond donors (Lipinski definition) is 4. The number of carboxylic acids is 2. The van der Waals surface area contributed by atoms with Crippen LogP contribution < -0.4 is 0 Å². The predicted octanol–water partition coefficient (Wildman–Crippen LogP) is 2.18. The van der Waals surface area contributed by atoms with E-state index in [1.165, 1.54) is 12.5 Å². The van der Waals surface area contributed by atoms with Gasteiger partial charge < -0.3 is 34.3 Å². The van der Waals surface area contributed by atoms with E-state index in [4.69, 9.17) is 13.9 Å². The van der Waals surface area contributed by atoms with Crippen LogP contribution in [0, 0.1) is 28.1 Å². The minimum absolute atomic E-state index is 0.0218. The zero-order chi connectivity index (χ0) is 26.5. The number of carboxylic acid groups (broad SMARTS) is 2. The highest BCUT2D eigenvalue weighted by molar-refractivity contribution is 5.92. The molecule has 9 atom stereocenters. The standard InChI is InChI=1S/C26H34O10/c1-22(2)15-9-16(27)24(4)14(25(15,12-35-22)17(28)10-18(29)30)5-7-23(3,19(31)13-6-8-34-11-13)26(24)20(36-26)21(32)33/h6,8,11,14-15,17,19-20,28,31H,5,7,9-10,12H2,1-4H3,(H,29,30)(H,32,33)/t14?,15?,17?,19-,20+,23-,24+,25+,26+/m0/s1. The number of hydrogen-bond acceptors (Lipinski definition) is 8. The minimum Gasteiger partial charge on any atom is -0.481 e. The van der Waals surface area contributed by atoms with Gasteiger partial charge in [-0.25, -0.2) is 4.79 Å². The second kappa shape index (κ2) is 7.63. The van der Waals surface area contributed by atoms with E-state index >= 15 is 0 Å². The third-order valence-corrected chi connectivity index (χ3v) is 10.4. The lowest BCUT2D eigenvalue weighted by molar-refractivity contribution is -0.211. The molecule has 2 saturated carbocycles. The Bertz CT molecular complexity index is 1100. The summed E-state index contributed by atoms with van der Waals surface area (Å²) in [5, 5.41) is 42.6. The molecular weight excluding hydrogens is 472 g/mol. The Morgan fingerprint density at radius 2 is 1.83 bits per heavy atom. The van der Waals surface area contributed by atoms with Crippen molar-refractivity contribution < 1.29 is 48.7 Å². The maximum Gasteiger partial charge on any atom is 0.335 e. The average Bonchev–Trinajstić information content (AvgIpc) is 3.22. The highest BCUT2D eigenvalue weighted by atomic mass is 16.6. The molecule has 4 fully saturated rings. The molecule has 198 valence electrons. The molecule has 1 aromatic heterocycles. The van der Waals surface area contributed by atoms with Crippen molar-refractivity contribution in [3.8, 4) is 0 Å². The summed E-state index contributed by atoms with van der Waals surface area (Å²) < 4.78 is 17.3. The van der Waals surface area contributed by atoms with E-state index in [1.807, 2.05) is 13.8 Å². The van der Waals surface area contributed by atoms with Gasteiger partial charge >= 0.3 is 11.9 Å². The number of carbonyl (C=O) groups excluding carboxylic acids is 1. The molecule has 4 aliphatic rings. The summed E-state index contributed by atoms with van der Waals surface area (Å²) in [4.78, 5) is 38.2. The molecule has 0 radical (unpaired) electrons. The highest BCUT2D eigenvalue weighted by Gasteiger charge is 2.87. The molecule has 2 aliphatic heterocycles. The van der Waals surface area contributed by atoms with Gasteiger partial charge in [0.05, 0.1) is 48.8 Å². The van der Waals surface area contributed by atoms with Crippen LogP contribution in [-0.4, -0.2) is 68.2 Å². The monoisotopic (exact) mass is 506 g/mol. The molecule has 5 rings (SSSR count). The molecule has 4 N–H and O–H groups in total. The zero-order valence-corrected chi connectivity index (χ0v) is 20.9. The van der Waals surface area contributed by atoms with E-state index in [2.05, 4.69) is 0 Å². The number of ether oxygens (including phenoxy) is 2. The summed E-state index contributed by atoms with van der Waals surface area (Å²) in [5.41, 5.74) is -5.62. The van der Waals surface area contributed by atoms with E-state index in [0.29, 0.717) is 12.0 Å². The van der Waals surface area contributed by atoms with E-state index in [0.717, 1.165) is 0 Å². The van der Waals surface area contributed by atoms with Crippen LogP contribution in [0.15, 0.2) is 23.0 Å². The van der Waals surface area contributed by atoms with Crippen LogP contribution in [0.5, 0.6) is 0 Å². The SMILES string of the molecule is CC1(C)OC[C@]2(C(O)CC(=O)O)C1CC(=O)[C@@]1(C)C2CC[C@@](C)([C@@H](O)c2ccoc2)[C@@]12O[C@@H]2C(=O)O. The fourth-order valence-corrected chi connectivity index (χ4v) is 8.57. The lowest BCUT2D eigenvalue weighted by atomic mass is 9.37. The van der Waals surface area contributed by atoms with Gasteiger partial charge in [-0.05, 0) is 45.6 Å². The van der Waals surface area contributed by atoms with E-state index in [-0.39, 0.29) is 25.2 Å². The molecule has 36 heavy (non-hydrogen) atoms. The van der Waals surface area contributed by atoms with Crippen molar-refractivity contribution in [3.63, 3.8) is 0 Å². The Morgan fingerprint density at radius 3 is 2.39 bits per heavy atom. The molecule has 1 spiro atoms. The Balaban J connectivity index is 1.70. The molecule has 2 saturated heterocycles. The number of furan rings is 1. The predicted molar refractivity (Wildman–Crippen MR) is 122 cm³/mol. The van der Waals surface area contributed by atoms with Crippen LogP contribution in [-0.2, 0) is 23.9 Å². The molecule has 2 aliphatic carbocycles. The van der Waals surface area contributed by atoms with Crippen molar-refractivity contribution in [2.75, 3.05) is 6.61 Å². The summed E-state index contributed by atoms with van der Waals surface area (Å²) in [7, 11) is 0. The van der Waals surface area contributed by atoms with Gasteiger partial charge in [0, 0.05) is 28.7 Å². The second-order valence-electron chi connectivity index (χ2n) is 12.0. The quantitative estimate of drug-likeness (QED) is 0.420. The number of aliphatic carboxylic acids is 2. The minimum atomic E-state index is -1.57. The van der Waals surface area contributed by atoms with Crippen LogP contribution in [0.1, 0.15) is 65.0 Å². The number of Topliss-reactive ketones (excluding diaryl/α,β-unsaturated/α-hetero) is 1. The maximum atomic E-state index is 14.2. The summed E-state index contributed by atoms with van der Waals surface area (Å²) in [6.07, 6.45) is -0.962. The lowest BCUT2D eigenvalue weighted by Crippen LogP contribution is -2.71. The Morgan fingerprint density at radius 1 is 1.14 bits per heavy atom. The fraction of sp³-hybridized carbons (Fsp3) is 0.731. The largest absolute Gasteiger partial charge is 0.481 e. The van der Waals surface area contributed by atoms with Crippen molar-refractivity contribution in [3.05, 3.63) is 24.2 Å². The molecule has 10 nitrogen and oxygen atoms in total. The number of carbonyl (C=O) groups is 3. The molecule has 0 aromatic carbocycles. The van der Waals surface area contributed by atoms with Gasteiger partial charge in [-0.2, -0.15) is 0 Å². The maximum absolute atomic E-state index is 14.2. The first-order chi connectivity index (χ1) is 16.7. The third kappa shape index (κ3) is 2.84. The Labute approximate surface area is 208 Å². The molecular formula is C26H34O10. The molecule has 1 aromatic rings. The average molecular weight is 507 g/mol. The normalized spacial score (nSPS) is 44.5. The van der Waals surface area contributed by atoms with Gasteiger partial charge in [0.25, 0.3) is 0 Å². The van der Waals surface area contributed by atoms with Crippen molar-refractivity contribution in [1.82, 2.24) is 0 Å². The summed E-state index contributed by atoms with van der Waals surface area (Å²) >= 11 is 0. The topological polar surface area (TPSA) is 167 Å². The first-order valence-electron chi connectivity index (χ1n) is 12.4. The number of epoxide rings is 1. The van der Waals surface area contributed by atoms with Crippen molar-refractivity contribution >= 4 is 17.7 Å². The number of rotatable bonds is 6. The summed E-state index contributed by atoms with van der Waals surface area (Å²) in [6, 6.07) is 1.60. The van der Waals surface area contributed by atoms with E-state index in [9.17, 15) is 34.8 Å². The first kappa shape index (κ1) is 25.4. The third-order valence-electron chi connectivity index (χ3n) is 10.4. The van der Waals surface area contributed by atoms with Crippen LogP contribution in [0.2, 0.25) is 0 Å². The van der Waals surface area contributed by atoms with Gasteiger partial charge in [-0.1, -0.05) is 6.92 Å². The smallest absolute Gasteiger partial charge is 0.335 e. The van der Waals surface area contributed by atoms with Crippen LogP contribution >= 0.6 is 0 Å². The van der Waals surface area contributed by atoms with E-state index < -0.39 is 76.0 Å². The number of ketones is 1. The lowest BCUT2D eigenvalue weighted by Gasteiger charge is -2.64. The number of aliphatic hydroxyl groups excluding tert-OH is 2. The molecule has 3 heterocycles. The molecule has 0 bridgehead atoms. The van der Waals surface area contributed by atoms with Crippen molar-refractivity contribution in [2.45, 2.75) is 82.9 Å². The van der Waals surface area contributed by atoms with E-state index in [1.54, 1.807) is 19.9 Å². The van der Waals surface area contributed by atoms with Crippen molar-refractivity contribution in [1.29, 1.82) is 0 Å². The number of aliphatic hydroxyl groups is 2. The first-order valence-corrected chi connectivity index (χ1v) is 12.4. The second-order valence-corrected chi connectivity index (χ2v) is 12.0. The van der Waals surface area contributed by atoms with Crippen LogP contribution in [0.25, 0.3) is 0 Å². The van der Waals surface area contributed by atoms with Gasteiger partial charge in [-0.3, -0.25) is 9.59 Å². The van der Waals surface area contributed by atoms with Crippen molar-refractivity contribution in [2.24, 2.45) is 28.1 Å². The van der Waals surface area contributed by atoms with Gasteiger partial charge in [0.1, 0.15) is 11.4 Å². The highest BCUT2D eigenvalue weighted by Crippen LogP contribution is 2.77. The fourth-order valence-electron chi connectivity index (χ4n) is 8.57. The van der Waals surface area contributed by atoms with Crippen LogP contribution in [0.3, 0.4) is 0 Å². The Kier molecular flexibility index (Phi) is 5.38. The van der Waals surface area contributed by atoms with Gasteiger partial charge in [0.15, 0.2) is 6.10 Å². The summed E-state index contributed by atoms with van der Waals surface area (Å²) in [5.74, 6) is -3.71.